The first kappa shape index (κ1) is 15.5. The molecule has 0 aromatic heterocycles. The summed E-state index contributed by atoms with van der Waals surface area (Å²) in [7, 11) is 1.59. The number of nitrogens with zero attached hydrogens (tertiary/aromatic N) is 1. The van der Waals surface area contributed by atoms with E-state index in [1.54, 1.807) is 31.3 Å². The molecule has 0 fully saturated rings. The zero-order valence-corrected chi connectivity index (χ0v) is 13.8. The monoisotopic (exact) mass is 395 g/mol. The number of hydrogen-bond acceptors (Lipinski definition) is 2. The van der Waals surface area contributed by atoms with Crippen LogP contribution in [0.1, 0.15) is 26.3 Å². The molecule has 1 amide bonds. The molecule has 0 bridgehead atoms. The van der Waals surface area contributed by atoms with E-state index >= 15 is 0 Å². The summed E-state index contributed by atoms with van der Waals surface area (Å²) in [6.07, 6.45) is 0. The third-order valence-electron chi connectivity index (χ3n) is 3.22. The molecule has 0 saturated heterocycles. The van der Waals surface area contributed by atoms with E-state index in [9.17, 15) is 14.7 Å². The molecule has 21 heavy (non-hydrogen) atoms. The number of aryl methyl sites for hydroxylation is 1. The van der Waals surface area contributed by atoms with Crippen LogP contribution in [0, 0.1) is 10.5 Å². The molecule has 0 heterocycles. The van der Waals surface area contributed by atoms with Gasteiger partial charge in [-0.25, -0.2) is 4.79 Å². The van der Waals surface area contributed by atoms with Crippen molar-refractivity contribution in [3.05, 3.63) is 62.7 Å². The largest absolute Gasteiger partial charge is 0.478 e. The van der Waals surface area contributed by atoms with E-state index < -0.39 is 5.97 Å². The highest BCUT2D eigenvalue weighted by Crippen LogP contribution is 2.24. The van der Waals surface area contributed by atoms with Gasteiger partial charge in [0.15, 0.2) is 0 Å². The number of carbonyl (C=O) groups is 2. The van der Waals surface area contributed by atoms with Crippen molar-refractivity contribution in [1.82, 2.24) is 0 Å². The van der Waals surface area contributed by atoms with E-state index in [0.717, 1.165) is 9.13 Å². The number of para-hydroxylation sites is 1. The molecular weight excluding hydrogens is 381 g/mol. The van der Waals surface area contributed by atoms with Crippen LogP contribution in [-0.2, 0) is 0 Å². The van der Waals surface area contributed by atoms with Gasteiger partial charge in [-0.1, -0.05) is 24.3 Å². The number of hydrogen-bond donors (Lipinski definition) is 1. The van der Waals surface area contributed by atoms with E-state index in [4.69, 9.17) is 0 Å². The summed E-state index contributed by atoms with van der Waals surface area (Å²) in [5.41, 5.74) is 2.07. The van der Waals surface area contributed by atoms with Gasteiger partial charge in [0.05, 0.1) is 16.8 Å². The fraction of sp³-hybridized carbons (Fsp3) is 0.125. The third kappa shape index (κ3) is 3.07. The Labute approximate surface area is 136 Å². The number of carboxylic acids is 1. The topological polar surface area (TPSA) is 57.6 Å². The fourth-order valence-electron chi connectivity index (χ4n) is 2.05. The van der Waals surface area contributed by atoms with Crippen molar-refractivity contribution < 1.29 is 14.7 Å². The van der Waals surface area contributed by atoms with Gasteiger partial charge in [0.1, 0.15) is 0 Å². The SMILES string of the molecule is Cc1cccc(C(=O)N(C)c2ccccc2C(=O)O)c1I. The lowest BCUT2D eigenvalue weighted by Gasteiger charge is -2.20. The first-order valence-corrected chi connectivity index (χ1v) is 7.37. The molecule has 2 aromatic carbocycles. The molecule has 0 radical (unpaired) electrons. The first-order valence-electron chi connectivity index (χ1n) is 6.29. The fourth-order valence-corrected chi connectivity index (χ4v) is 2.64. The Hall–Kier alpha value is -1.89. The van der Waals surface area contributed by atoms with Crippen LogP contribution < -0.4 is 4.90 Å². The summed E-state index contributed by atoms with van der Waals surface area (Å²) in [5, 5.41) is 9.23. The molecule has 0 aliphatic heterocycles. The van der Waals surface area contributed by atoms with Crippen molar-refractivity contribution in [2.75, 3.05) is 11.9 Å². The number of halogens is 1. The summed E-state index contributed by atoms with van der Waals surface area (Å²) in [4.78, 5) is 25.3. The maximum absolute atomic E-state index is 12.6. The zero-order chi connectivity index (χ0) is 15.6. The minimum absolute atomic E-state index is 0.107. The van der Waals surface area contributed by atoms with Crippen molar-refractivity contribution in [2.24, 2.45) is 0 Å². The predicted molar refractivity (Wildman–Crippen MR) is 90.0 cm³/mol. The molecule has 2 aromatic rings. The van der Waals surface area contributed by atoms with Gasteiger partial charge >= 0.3 is 5.97 Å². The summed E-state index contributed by atoms with van der Waals surface area (Å²) < 4.78 is 0.875. The molecule has 0 atom stereocenters. The molecule has 5 heteroatoms. The lowest BCUT2D eigenvalue weighted by atomic mass is 10.1. The maximum atomic E-state index is 12.6. The lowest BCUT2D eigenvalue weighted by Crippen LogP contribution is -2.28. The molecule has 2 rings (SSSR count). The van der Waals surface area contributed by atoms with Gasteiger partial charge in [-0.3, -0.25) is 4.79 Å². The predicted octanol–water partition coefficient (Wildman–Crippen LogP) is 3.57. The van der Waals surface area contributed by atoms with E-state index in [1.807, 2.05) is 19.1 Å². The van der Waals surface area contributed by atoms with Crippen LogP contribution in [0.4, 0.5) is 5.69 Å². The number of amides is 1. The van der Waals surface area contributed by atoms with Gasteiger partial charge in [0.2, 0.25) is 0 Å². The number of benzene rings is 2. The van der Waals surface area contributed by atoms with Crippen LogP contribution in [0.25, 0.3) is 0 Å². The van der Waals surface area contributed by atoms with Crippen molar-refractivity contribution in [1.29, 1.82) is 0 Å². The van der Waals surface area contributed by atoms with Crippen LogP contribution in [-0.4, -0.2) is 24.0 Å². The molecule has 4 nitrogen and oxygen atoms in total. The van der Waals surface area contributed by atoms with Gasteiger partial charge in [-0.2, -0.15) is 0 Å². The van der Waals surface area contributed by atoms with Crippen LogP contribution in [0.5, 0.6) is 0 Å². The average Bonchev–Trinajstić information content (AvgIpc) is 2.48. The molecule has 108 valence electrons. The quantitative estimate of drug-likeness (QED) is 0.809. The summed E-state index contributed by atoms with van der Waals surface area (Å²) in [6.45, 7) is 1.93. The summed E-state index contributed by atoms with van der Waals surface area (Å²) in [5.74, 6) is -1.28. The van der Waals surface area contributed by atoms with Crippen molar-refractivity contribution >= 4 is 40.2 Å². The van der Waals surface area contributed by atoms with Crippen LogP contribution in [0.15, 0.2) is 42.5 Å². The second-order valence-corrected chi connectivity index (χ2v) is 5.70. The minimum atomic E-state index is -1.05. The Morgan fingerprint density at radius 2 is 1.67 bits per heavy atom. The van der Waals surface area contributed by atoms with Gasteiger partial charge in [-0.15, -0.1) is 0 Å². The first-order chi connectivity index (χ1) is 9.93. The molecule has 0 aliphatic carbocycles. The molecule has 0 unspecified atom stereocenters. The number of aromatic carboxylic acids is 1. The molecular formula is C16H14INO3. The number of anilines is 1. The van der Waals surface area contributed by atoms with Gasteiger partial charge in [-0.05, 0) is 53.3 Å². The van der Waals surface area contributed by atoms with Crippen LogP contribution in [0.3, 0.4) is 0 Å². The van der Waals surface area contributed by atoms with Gasteiger partial charge in [0.25, 0.3) is 5.91 Å². The smallest absolute Gasteiger partial charge is 0.337 e. The van der Waals surface area contributed by atoms with Crippen molar-refractivity contribution in [3.63, 3.8) is 0 Å². The van der Waals surface area contributed by atoms with Crippen molar-refractivity contribution in [3.8, 4) is 0 Å². The second kappa shape index (κ2) is 6.26. The van der Waals surface area contributed by atoms with Crippen LogP contribution >= 0.6 is 22.6 Å². The molecule has 1 N–H and O–H groups in total. The molecule has 0 saturated carbocycles. The van der Waals surface area contributed by atoms with Gasteiger partial charge in [0, 0.05) is 10.6 Å². The van der Waals surface area contributed by atoms with E-state index in [2.05, 4.69) is 22.6 Å². The zero-order valence-electron chi connectivity index (χ0n) is 11.6. The highest BCUT2D eigenvalue weighted by Gasteiger charge is 2.21. The number of carboxylic acid groups (broad SMARTS) is 1. The Morgan fingerprint density at radius 3 is 2.33 bits per heavy atom. The Kier molecular flexibility index (Phi) is 4.62. The summed E-state index contributed by atoms with van der Waals surface area (Å²) >= 11 is 2.13. The Morgan fingerprint density at radius 1 is 1.05 bits per heavy atom. The minimum Gasteiger partial charge on any atom is -0.478 e. The van der Waals surface area contributed by atoms with Gasteiger partial charge < -0.3 is 10.0 Å². The number of carbonyl (C=O) groups excluding carboxylic acids is 1. The van der Waals surface area contributed by atoms with E-state index in [1.165, 1.54) is 11.0 Å². The van der Waals surface area contributed by atoms with E-state index in [0.29, 0.717) is 11.3 Å². The normalized spacial score (nSPS) is 10.2. The second-order valence-electron chi connectivity index (χ2n) is 4.62. The van der Waals surface area contributed by atoms with E-state index in [-0.39, 0.29) is 11.5 Å². The number of rotatable bonds is 3. The molecule has 0 spiro atoms. The Balaban J connectivity index is 2.45. The van der Waals surface area contributed by atoms with Crippen molar-refractivity contribution in [2.45, 2.75) is 6.92 Å². The Bertz CT molecular complexity index is 712. The highest BCUT2D eigenvalue weighted by molar-refractivity contribution is 14.1. The lowest BCUT2D eigenvalue weighted by molar-refractivity contribution is 0.0697. The average molecular weight is 395 g/mol. The third-order valence-corrected chi connectivity index (χ3v) is 4.65. The standard InChI is InChI=1S/C16H14INO3/c1-10-6-5-8-12(14(10)17)15(19)18(2)13-9-4-3-7-11(13)16(20)21/h3-9H,1-2H3,(H,20,21). The maximum Gasteiger partial charge on any atom is 0.337 e. The van der Waals surface area contributed by atoms with Crippen LogP contribution in [0.2, 0.25) is 0 Å². The summed E-state index contributed by atoms with van der Waals surface area (Å²) in [6, 6.07) is 12.0. The molecule has 0 aliphatic rings. The highest BCUT2D eigenvalue weighted by atomic mass is 127.